The normalized spacial score (nSPS) is 27.2. The van der Waals surface area contributed by atoms with E-state index in [0.29, 0.717) is 6.61 Å². The van der Waals surface area contributed by atoms with Crippen molar-refractivity contribution in [1.29, 1.82) is 0 Å². The summed E-state index contributed by atoms with van der Waals surface area (Å²) >= 11 is 0. The Labute approximate surface area is 134 Å². The van der Waals surface area contributed by atoms with E-state index >= 15 is 0 Å². The number of nitrogens with zero attached hydrogens (tertiary/aromatic N) is 1. The highest BCUT2D eigenvalue weighted by Gasteiger charge is 2.34. The van der Waals surface area contributed by atoms with Gasteiger partial charge in [0, 0.05) is 12.6 Å². The Hall–Kier alpha value is -1.06. The van der Waals surface area contributed by atoms with Gasteiger partial charge in [-0.05, 0) is 64.1 Å². The van der Waals surface area contributed by atoms with Crippen LogP contribution in [-0.4, -0.2) is 41.3 Å². The van der Waals surface area contributed by atoms with Crippen LogP contribution in [-0.2, 0) is 0 Å². The monoisotopic (exact) mass is 303 g/mol. The van der Waals surface area contributed by atoms with Crippen molar-refractivity contribution in [3.8, 4) is 5.75 Å². The maximum atomic E-state index is 10.9. The van der Waals surface area contributed by atoms with Gasteiger partial charge < -0.3 is 14.7 Å². The summed E-state index contributed by atoms with van der Waals surface area (Å²) in [6.07, 6.45) is 6.81. The Morgan fingerprint density at radius 3 is 2.68 bits per heavy atom. The van der Waals surface area contributed by atoms with Crippen molar-refractivity contribution in [1.82, 2.24) is 4.90 Å². The van der Waals surface area contributed by atoms with Crippen LogP contribution in [0.2, 0.25) is 0 Å². The molecule has 3 heteroatoms. The fourth-order valence-corrected chi connectivity index (χ4v) is 3.63. The van der Waals surface area contributed by atoms with E-state index in [-0.39, 0.29) is 0 Å². The molecule has 2 aliphatic rings. The minimum absolute atomic E-state index is 0.412. The number of ether oxygens (including phenoxy) is 1. The first-order chi connectivity index (χ1) is 10.6. The third-order valence-electron chi connectivity index (χ3n) is 5.37. The van der Waals surface area contributed by atoms with Crippen LogP contribution in [0, 0.1) is 13.8 Å². The molecule has 3 nitrogen and oxygen atoms in total. The van der Waals surface area contributed by atoms with Crippen molar-refractivity contribution in [3.05, 3.63) is 29.3 Å². The summed E-state index contributed by atoms with van der Waals surface area (Å²) in [5, 5.41) is 10.9. The van der Waals surface area contributed by atoms with Crippen molar-refractivity contribution in [2.75, 3.05) is 19.7 Å². The zero-order valence-electron chi connectivity index (χ0n) is 14.0. The molecule has 0 aromatic heterocycles. The second-order valence-corrected chi connectivity index (χ2v) is 7.26. The lowest BCUT2D eigenvalue weighted by Crippen LogP contribution is -2.42. The molecule has 1 unspecified atom stereocenters. The van der Waals surface area contributed by atoms with Crippen LogP contribution >= 0.6 is 0 Å². The summed E-state index contributed by atoms with van der Waals surface area (Å²) in [7, 11) is 0. The Balaban J connectivity index is 1.56. The quantitative estimate of drug-likeness (QED) is 0.924. The molecule has 1 saturated carbocycles. The van der Waals surface area contributed by atoms with Crippen LogP contribution in [0.25, 0.3) is 0 Å². The first kappa shape index (κ1) is 15.8. The predicted molar refractivity (Wildman–Crippen MR) is 89.4 cm³/mol. The maximum Gasteiger partial charge on any atom is 0.122 e. The smallest absolute Gasteiger partial charge is 0.122 e. The number of hydrogen-bond acceptors (Lipinski definition) is 3. The van der Waals surface area contributed by atoms with Crippen molar-refractivity contribution in [3.63, 3.8) is 0 Å². The molecular weight excluding hydrogens is 274 g/mol. The number of aryl methyl sites for hydroxylation is 2. The van der Waals surface area contributed by atoms with Gasteiger partial charge in [-0.25, -0.2) is 0 Å². The van der Waals surface area contributed by atoms with E-state index in [4.69, 9.17) is 4.74 Å². The van der Waals surface area contributed by atoms with Gasteiger partial charge in [-0.1, -0.05) is 24.1 Å². The van der Waals surface area contributed by atoms with E-state index in [9.17, 15) is 5.11 Å². The number of hydrogen-bond donors (Lipinski definition) is 1. The standard InChI is InChI=1S/C19H29NO2/c1-15-7-8-18(16(2)13-15)22-14-19(21)9-4-11-20(12-10-19)17-5-3-6-17/h7-8,13,17,21H,3-6,9-12,14H2,1-2H3. The lowest BCUT2D eigenvalue weighted by Gasteiger charge is -2.37. The average molecular weight is 303 g/mol. The molecule has 1 aliphatic carbocycles. The summed E-state index contributed by atoms with van der Waals surface area (Å²) in [5.41, 5.74) is 1.72. The topological polar surface area (TPSA) is 32.7 Å². The Morgan fingerprint density at radius 2 is 2.00 bits per heavy atom. The number of benzene rings is 1. The first-order valence-corrected chi connectivity index (χ1v) is 8.72. The molecule has 0 radical (unpaired) electrons. The third-order valence-corrected chi connectivity index (χ3v) is 5.37. The highest BCUT2D eigenvalue weighted by atomic mass is 16.5. The minimum Gasteiger partial charge on any atom is -0.490 e. The SMILES string of the molecule is Cc1ccc(OCC2(O)CCCN(C3CCC3)CC2)c(C)c1. The van der Waals surface area contributed by atoms with E-state index in [2.05, 4.69) is 30.9 Å². The molecular formula is C19H29NO2. The number of likely N-dealkylation sites (tertiary alicyclic amines) is 1. The van der Waals surface area contributed by atoms with Crippen molar-refractivity contribution < 1.29 is 9.84 Å². The van der Waals surface area contributed by atoms with Crippen LogP contribution in [0.15, 0.2) is 18.2 Å². The van der Waals surface area contributed by atoms with Crippen LogP contribution in [0.3, 0.4) is 0 Å². The van der Waals surface area contributed by atoms with E-state index in [1.165, 1.54) is 24.8 Å². The van der Waals surface area contributed by atoms with Gasteiger partial charge >= 0.3 is 0 Å². The summed E-state index contributed by atoms with van der Waals surface area (Å²) in [6.45, 7) is 6.71. The Kier molecular flexibility index (Phi) is 4.74. The molecule has 1 aromatic carbocycles. The van der Waals surface area contributed by atoms with Gasteiger partial charge in [-0.2, -0.15) is 0 Å². The van der Waals surface area contributed by atoms with Crippen LogP contribution < -0.4 is 4.74 Å². The summed E-state index contributed by atoms with van der Waals surface area (Å²) < 4.78 is 5.96. The zero-order valence-corrected chi connectivity index (χ0v) is 14.0. The summed E-state index contributed by atoms with van der Waals surface area (Å²) in [4.78, 5) is 2.58. The minimum atomic E-state index is -0.671. The van der Waals surface area contributed by atoms with Gasteiger partial charge in [0.2, 0.25) is 0 Å². The van der Waals surface area contributed by atoms with Crippen LogP contribution in [0.5, 0.6) is 5.75 Å². The number of aliphatic hydroxyl groups is 1. The Bertz CT molecular complexity index is 512. The van der Waals surface area contributed by atoms with E-state index < -0.39 is 5.60 Å². The third kappa shape index (κ3) is 3.64. The lowest BCUT2D eigenvalue weighted by atomic mass is 9.91. The summed E-state index contributed by atoms with van der Waals surface area (Å²) in [6, 6.07) is 7.00. The van der Waals surface area contributed by atoms with Gasteiger partial charge in [0.1, 0.15) is 12.4 Å². The molecule has 2 fully saturated rings. The van der Waals surface area contributed by atoms with Crippen molar-refractivity contribution in [2.24, 2.45) is 0 Å². The molecule has 1 aromatic rings. The van der Waals surface area contributed by atoms with Gasteiger partial charge in [0.25, 0.3) is 0 Å². The molecule has 1 atom stereocenters. The molecule has 122 valence electrons. The predicted octanol–water partition coefficient (Wildman–Crippen LogP) is 3.45. The van der Waals surface area contributed by atoms with Crippen molar-refractivity contribution in [2.45, 2.75) is 64.0 Å². The van der Waals surface area contributed by atoms with Gasteiger partial charge in [0.15, 0.2) is 0 Å². The highest BCUT2D eigenvalue weighted by Crippen LogP contribution is 2.30. The largest absolute Gasteiger partial charge is 0.490 e. The second-order valence-electron chi connectivity index (χ2n) is 7.26. The number of rotatable bonds is 4. The van der Waals surface area contributed by atoms with E-state index in [1.807, 2.05) is 6.07 Å². The summed E-state index contributed by atoms with van der Waals surface area (Å²) in [5.74, 6) is 0.902. The average Bonchev–Trinajstić information content (AvgIpc) is 2.59. The molecule has 1 N–H and O–H groups in total. The Morgan fingerprint density at radius 1 is 1.18 bits per heavy atom. The second kappa shape index (κ2) is 6.59. The molecule has 1 heterocycles. The molecule has 1 saturated heterocycles. The van der Waals surface area contributed by atoms with E-state index in [0.717, 1.165) is 49.7 Å². The molecule has 0 bridgehead atoms. The van der Waals surface area contributed by atoms with Crippen LogP contribution in [0.4, 0.5) is 0 Å². The van der Waals surface area contributed by atoms with Gasteiger partial charge in [-0.3, -0.25) is 0 Å². The lowest BCUT2D eigenvalue weighted by molar-refractivity contribution is -0.0185. The molecule has 22 heavy (non-hydrogen) atoms. The fourth-order valence-electron chi connectivity index (χ4n) is 3.63. The molecule has 3 rings (SSSR count). The first-order valence-electron chi connectivity index (χ1n) is 8.72. The molecule has 0 amide bonds. The maximum absolute atomic E-state index is 10.9. The van der Waals surface area contributed by atoms with Crippen LogP contribution in [0.1, 0.15) is 49.7 Å². The molecule has 1 aliphatic heterocycles. The molecule has 0 spiro atoms. The van der Waals surface area contributed by atoms with Gasteiger partial charge in [0.05, 0.1) is 5.60 Å². The fraction of sp³-hybridized carbons (Fsp3) is 0.684. The highest BCUT2D eigenvalue weighted by molar-refractivity contribution is 5.35. The zero-order chi connectivity index (χ0) is 15.6. The van der Waals surface area contributed by atoms with E-state index in [1.54, 1.807) is 0 Å². The van der Waals surface area contributed by atoms with Gasteiger partial charge in [-0.15, -0.1) is 0 Å². The van der Waals surface area contributed by atoms with Crippen molar-refractivity contribution >= 4 is 0 Å².